The summed E-state index contributed by atoms with van der Waals surface area (Å²) in [7, 11) is -4.01. The average Bonchev–Trinajstić information content (AvgIpc) is 3.24. The quantitative estimate of drug-likeness (QED) is 0.507. The van der Waals surface area contributed by atoms with Gasteiger partial charge in [0.2, 0.25) is 10.0 Å². The van der Waals surface area contributed by atoms with Crippen LogP contribution in [0.15, 0.2) is 41.3 Å². The molecule has 2 aromatic carbocycles. The predicted octanol–water partition coefficient (Wildman–Crippen LogP) is 3.62. The molecule has 0 aliphatic carbocycles. The third kappa shape index (κ3) is 4.90. The summed E-state index contributed by atoms with van der Waals surface area (Å²) in [5.74, 6) is 0.261. The number of ether oxygens (including phenoxy) is 1. The van der Waals surface area contributed by atoms with Crippen LogP contribution in [0.3, 0.4) is 0 Å². The first kappa shape index (κ1) is 24.1. The number of halogens is 1. The van der Waals surface area contributed by atoms with E-state index in [9.17, 15) is 18.5 Å². The molecule has 0 unspecified atom stereocenters. The molecule has 0 atom stereocenters. The Balaban J connectivity index is 1.59. The van der Waals surface area contributed by atoms with E-state index in [1.165, 1.54) is 22.5 Å². The highest BCUT2D eigenvalue weighted by atomic mass is 35.5. The first-order valence-electron chi connectivity index (χ1n) is 10.3. The second kappa shape index (κ2) is 9.68. The van der Waals surface area contributed by atoms with E-state index in [0.717, 1.165) is 17.1 Å². The molecule has 4 rings (SSSR count). The highest BCUT2D eigenvalue weighted by Crippen LogP contribution is 2.33. The van der Waals surface area contributed by atoms with E-state index >= 15 is 0 Å². The van der Waals surface area contributed by atoms with Crippen molar-refractivity contribution in [3.8, 4) is 17.6 Å². The zero-order valence-corrected chi connectivity index (χ0v) is 20.7. The normalized spacial score (nSPS) is 14.6. The number of nitrogens with zero attached hydrogens (tertiary/aromatic N) is 5. The molecule has 1 fully saturated rings. The number of piperazine rings is 1. The van der Waals surface area contributed by atoms with Crippen molar-refractivity contribution in [2.45, 2.75) is 18.7 Å². The molecule has 3 aromatic rings. The van der Waals surface area contributed by atoms with Crippen LogP contribution in [0.2, 0.25) is 5.02 Å². The first-order valence-corrected chi connectivity index (χ1v) is 12.9. The lowest BCUT2D eigenvalue weighted by Gasteiger charge is -2.34. The van der Waals surface area contributed by atoms with Crippen molar-refractivity contribution in [3.63, 3.8) is 0 Å². The topological polar surface area (TPSA) is 116 Å². The van der Waals surface area contributed by atoms with E-state index in [1.807, 2.05) is 13.0 Å². The van der Waals surface area contributed by atoms with Gasteiger partial charge >= 0.3 is 0 Å². The maximum atomic E-state index is 13.5. The third-order valence-corrected chi connectivity index (χ3v) is 8.26. The van der Waals surface area contributed by atoms with Gasteiger partial charge in [-0.1, -0.05) is 16.1 Å². The van der Waals surface area contributed by atoms with Gasteiger partial charge in [-0.05, 0) is 67.3 Å². The number of carbonyl (C=O) groups is 1. The van der Waals surface area contributed by atoms with Gasteiger partial charge in [-0.25, -0.2) is 8.42 Å². The Labute approximate surface area is 206 Å². The zero-order chi connectivity index (χ0) is 24.5. The molecule has 0 bridgehead atoms. The number of aromatic nitrogens is 2. The maximum absolute atomic E-state index is 13.5. The molecular weight excluding hydrogens is 498 g/mol. The Morgan fingerprint density at radius 3 is 2.50 bits per heavy atom. The number of amides is 1. The monoisotopic (exact) mass is 517 g/mol. The Morgan fingerprint density at radius 2 is 1.88 bits per heavy atom. The summed E-state index contributed by atoms with van der Waals surface area (Å²) in [6, 6.07) is 11.3. The Hall–Kier alpha value is -3.04. The summed E-state index contributed by atoms with van der Waals surface area (Å²) in [6.07, 6.45) is 0. The summed E-state index contributed by atoms with van der Waals surface area (Å²) in [5, 5.41) is 13.7. The molecule has 1 aliphatic rings. The van der Waals surface area contributed by atoms with Crippen molar-refractivity contribution in [3.05, 3.63) is 63.1 Å². The maximum Gasteiger partial charge on any atom is 0.267 e. The summed E-state index contributed by atoms with van der Waals surface area (Å²) < 4.78 is 38.1. The molecule has 1 amide bonds. The van der Waals surface area contributed by atoms with Crippen LogP contribution >= 0.6 is 23.1 Å². The molecule has 0 saturated carbocycles. The number of hydrogen-bond donors (Lipinski definition) is 0. The minimum absolute atomic E-state index is 0.0885. The fourth-order valence-electron chi connectivity index (χ4n) is 3.59. The molecule has 1 saturated heterocycles. The van der Waals surface area contributed by atoms with Gasteiger partial charge in [-0.3, -0.25) is 4.79 Å². The fraction of sp³-hybridized carbons (Fsp3) is 0.273. The summed E-state index contributed by atoms with van der Waals surface area (Å²) >= 11 is 7.14. The van der Waals surface area contributed by atoms with Crippen molar-refractivity contribution >= 4 is 39.1 Å². The number of aryl methyl sites for hydroxylation is 2. The van der Waals surface area contributed by atoms with E-state index in [1.54, 1.807) is 30.0 Å². The molecule has 0 N–H and O–H groups in total. The van der Waals surface area contributed by atoms with E-state index in [0.29, 0.717) is 21.3 Å². The Kier molecular flexibility index (Phi) is 6.86. The number of hydrogen-bond acceptors (Lipinski definition) is 8. The van der Waals surface area contributed by atoms with Crippen molar-refractivity contribution < 1.29 is 17.9 Å². The molecule has 176 valence electrons. The largest absolute Gasteiger partial charge is 0.456 e. The molecule has 12 heteroatoms. The second-order valence-electron chi connectivity index (χ2n) is 7.72. The SMILES string of the molecule is Cc1cc(Cl)cc(Oc2ccc(C#N)cc2S(=O)(=O)N2CCN(C(=O)c3snnc3C)CC2)c1. The Morgan fingerprint density at radius 1 is 1.15 bits per heavy atom. The number of rotatable bonds is 5. The minimum Gasteiger partial charge on any atom is -0.456 e. The zero-order valence-electron chi connectivity index (χ0n) is 18.4. The lowest BCUT2D eigenvalue weighted by Crippen LogP contribution is -2.50. The first-order chi connectivity index (χ1) is 16.2. The van der Waals surface area contributed by atoms with Gasteiger partial charge in [0, 0.05) is 31.2 Å². The van der Waals surface area contributed by atoms with Crippen LogP contribution in [0.4, 0.5) is 0 Å². The fourth-order valence-corrected chi connectivity index (χ4v) is 6.06. The molecule has 34 heavy (non-hydrogen) atoms. The van der Waals surface area contributed by atoms with E-state index < -0.39 is 10.0 Å². The summed E-state index contributed by atoms with van der Waals surface area (Å²) in [5.41, 5.74) is 1.60. The van der Waals surface area contributed by atoms with Crippen LogP contribution in [0.5, 0.6) is 11.5 Å². The predicted molar refractivity (Wildman–Crippen MR) is 127 cm³/mol. The average molecular weight is 518 g/mol. The van der Waals surface area contributed by atoms with Gasteiger partial charge in [-0.2, -0.15) is 9.57 Å². The van der Waals surface area contributed by atoms with Gasteiger partial charge < -0.3 is 9.64 Å². The van der Waals surface area contributed by atoms with E-state index in [-0.39, 0.29) is 48.3 Å². The van der Waals surface area contributed by atoms with E-state index in [4.69, 9.17) is 16.3 Å². The summed E-state index contributed by atoms with van der Waals surface area (Å²) in [4.78, 5) is 14.6. The highest BCUT2D eigenvalue weighted by molar-refractivity contribution is 7.89. The Bertz CT molecular complexity index is 1370. The highest BCUT2D eigenvalue weighted by Gasteiger charge is 2.33. The van der Waals surface area contributed by atoms with Crippen molar-refractivity contribution in [2.75, 3.05) is 26.2 Å². The molecule has 9 nitrogen and oxygen atoms in total. The number of nitriles is 1. The standard InChI is InChI=1S/C22H20ClN5O4S2/c1-14-9-17(23)12-18(10-14)32-19-4-3-16(13-24)11-20(19)34(30,31)28-7-5-27(6-8-28)22(29)21-15(2)25-26-33-21/h3-4,9-12H,5-8H2,1-2H3. The van der Waals surface area contributed by atoms with Crippen LogP contribution < -0.4 is 4.74 Å². The molecule has 1 aliphatic heterocycles. The van der Waals surface area contributed by atoms with Crippen molar-refractivity contribution in [2.24, 2.45) is 0 Å². The van der Waals surface area contributed by atoms with Gasteiger partial charge in [0.15, 0.2) is 0 Å². The summed E-state index contributed by atoms with van der Waals surface area (Å²) in [6.45, 7) is 4.20. The lowest BCUT2D eigenvalue weighted by molar-refractivity contribution is 0.0701. The van der Waals surface area contributed by atoms with Crippen LogP contribution in [0.1, 0.15) is 26.5 Å². The van der Waals surface area contributed by atoms with Gasteiger partial charge in [-0.15, -0.1) is 5.10 Å². The van der Waals surface area contributed by atoms with Crippen LogP contribution in [-0.2, 0) is 10.0 Å². The minimum atomic E-state index is -4.01. The molecular formula is C22H20ClN5O4S2. The van der Waals surface area contributed by atoms with E-state index in [2.05, 4.69) is 9.59 Å². The lowest BCUT2D eigenvalue weighted by atomic mass is 10.2. The number of sulfonamides is 1. The molecule has 0 radical (unpaired) electrons. The van der Waals surface area contributed by atoms with Gasteiger partial charge in [0.05, 0.1) is 17.3 Å². The van der Waals surface area contributed by atoms with Crippen molar-refractivity contribution in [1.82, 2.24) is 18.8 Å². The van der Waals surface area contributed by atoms with Crippen LogP contribution in [0.25, 0.3) is 0 Å². The van der Waals surface area contributed by atoms with Crippen LogP contribution in [-0.4, -0.2) is 59.3 Å². The van der Waals surface area contributed by atoms with Gasteiger partial charge in [0.1, 0.15) is 21.3 Å². The van der Waals surface area contributed by atoms with Crippen LogP contribution in [0, 0.1) is 25.2 Å². The second-order valence-corrected chi connectivity index (χ2v) is 10.8. The smallest absolute Gasteiger partial charge is 0.267 e. The molecule has 1 aromatic heterocycles. The number of carbonyl (C=O) groups excluding carboxylic acids is 1. The molecule has 2 heterocycles. The third-order valence-electron chi connectivity index (χ3n) is 5.31. The van der Waals surface area contributed by atoms with Gasteiger partial charge in [0.25, 0.3) is 5.91 Å². The molecule has 0 spiro atoms. The number of benzene rings is 2. The van der Waals surface area contributed by atoms with Crippen molar-refractivity contribution in [1.29, 1.82) is 5.26 Å².